The molecule has 0 saturated carbocycles. The highest BCUT2D eigenvalue weighted by atomic mass is 16.5. The number of hydrogen-bond acceptors (Lipinski definition) is 5. The fourth-order valence-corrected chi connectivity index (χ4v) is 3.00. The van der Waals surface area contributed by atoms with Crippen LogP contribution in [-0.2, 0) is 0 Å². The van der Waals surface area contributed by atoms with Crippen LogP contribution >= 0.6 is 0 Å². The SMILES string of the molecule is CCOc1ccc(-c2c(NC(=O)c3ccc(OC)cc3)n[nH]c2C)cc1OCC. The van der Waals surface area contributed by atoms with Crippen molar-refractivity contribution < 1.29 is 19.0 Å². The molecule has 7 nitrogen and oxygen atoms in total. The molecule has 0 bridgehead atoms. The van der Waals surface area contributed by atoms with Crippen molar-refractivity contribution in [3.8, 4) is 28.4 Å². The molecule has 0 aliphatic carbocycles. The van der Waals surface area contributed by atoms with Crippen molar-refractivity contribution in [1.82, 2.24) is 10.2 Å². The van der Waals surface area contributed by atoms with E-state index in [0.717, 1.165) is 16.8 Å². The van der Waals surface area contributed by atoms with Gasteiger partial charge in [0.15, 0.2) is 17.3 Å². The number of H-pyrrole nitrogens is 1. The van der Waals surface area contributed by atoms with Crippen LogP contribution in [0.3, 0.4) is 0 Å². The van der Waals surface area contributed by atoms with Gasteiger partial charge in [-0.05, 0) is 62.7 Å². The van der Waals surface area contributed by atoms with Crippen LogP contribution in [-0.4, -0.2) is 36.4 Å². The molecule has 7 heteroatoms. The molecule has 3 rings (SSSR count). The Labute approximate surface area is 170 Å². The Morgan fingerprint density at radius 3 is 2.38 bits per heavy atom. The Kier molecular flexibility index (Phi) is 6.39. The summed E-state index contributed by atoms with van der Waals surface area (Å²) in [6, 6.07) is 12.6. The van der Waals surface area contributed by atoms with E-state index >= 15 is 0 Å². The Morgan fingerprint density at radius 2 is 1.72 bits per heavy atom. The fraction of sp³-hybridized carbons (Fsp3) is 0.273. The van der Waals surface area contributed by atoms with E-state index in [9.17, 15) is 4.79 Å². The van der Waals surface area contributed by atoms with Crippen LogP contribution in [0.15, 0.2) is 42.5 Å². The number of ether oxygens (including phenoxy) is 3. The topological polar surface area (TPSA) is 85.5 Å². The minimum Gasteiger partial charge on any atom is -0.497 e. The molecule has 0 unspecified atom stereocenters. The Bertz CT molecular complexity index is 980. The first-order valence-corrected chi connectivity index (χ1v) is 9.47. The second-order valence-corrected chi connectivity index (χ2v) is 6.28. The van der Waals surface area contributed by atoms with E-state index in [1.807, 2.05) is 39.0 Å². The second-order valence-electron chi connectivity index (χ2n) is 6.28. The van der Waals surface area contributed by atoms with Crippen LogP contribution in [0.25, 0.3) is 11.1 Å². The molecule has 152 valence electrons. The number of aromatic amines is 1. The number of carbonyl (C=O) groups is 1. The van der Waals surface area contributed by atoms with Gasteiger partial charge in [0.2, 0.25) is 0 Å². The number of anilines is 1. The van der Waals surface area contributed by atoms with Crippen molar-refractivity contribution in [1.29, 1.82) is 0 Å². The van der Waals surface area contributed by atoms with Gasteiger partial charge in [-0.15, -0.1) is 0 Å². The van der Waals surface area contributed by atoms with E-state index in [4.69, 9.17) is 14.2 Å². The Morgan fingerprint density at radius 1 is 1.03 bits per heavy atom. The first-order valence-electron chi connectivity index (χ1n) is 9.47. The highest BCUT2D eigenvalue weighted by molar-refractivity contribution is 6.05. The van der Waals surface area contributed by atoms with Crippen LogP contribution in [0, 0.1) is 6.92 Å². The molecule has 0 saturated heterocycles. The molecule has 1 aromatic heterocycles. The lowest BCUT2D eigenvalue weighted by Gasteiger charge is -2.13. The molecular formula is C22H25N3O4. The molecule has 0 aliphatic rings. The molecule has 0 fully saturated rings. The molecule has 0 aliphatic heterocycles. The van der Waals surface area contributed by atoms with Crippen LogP contribution in [0.1, 0.15) is 29.9 Å². The molecule has 29 heavy (non-hydrogen) atoms. The van der Waals surface area contributed by atoms with Crippen LogP contribution < -0.4 is 19.5 Å². The van der Waals surface area contributed by atoms with E-state index in [2.05, 4.69) is 15.5 Å². The minimum atomic E-state index is -0.253. The predicted octanol–water partition coefficient (Wildman–Crippen LogP) is 4.44. The molecule has 1 heterocycles. The summed E-state index contributed by atoms with van der Waals surface area (Å²) >= 11 is 0. The average Bonchev–Trinajstić information content (AvgIpc) is 3.09. The van der Waals surface area contributed by atoms with Gasteiger partial charge in [-0.2, -0.15) is 5.10 Å². The highest BCUT2D eigenvalue weighted by Crippen LogP contribution is 2.36. The normalized spacial score (nSPS) is 10.5. The number of aromatic nitrogens is 2. The van der Waals surface area contributed by atoms with Gasteiger partial charge in [-0.25, -0.2) is 0 Å². The monoisotopic (exact) mass is 395 g/mol. The summed E-state index contributed by atoms with van der Waals surface area (Å²) in [5.41, 5.74) is 3.02. The van der Waals surface area contributed by atoms with Gasteiger partial charge < -0.3 is 19.5 Å². The summed E-state index contributed by atoms with van der Waals surface area (Å²) in [6.07, 6.45) is 0. The number of methoxy groups -OCH3 is 1. The third-order valence-corrected chi connectivity index (χ3v) is 4.36. The van der Waals surface area contributed by atoms with Crippen molar-refractivity contribution in [3.63, 3.8) is 0 Å². The van der Waals surface area contributed by atoms with Gasteiger partial charge in [-0.1, -0.05) is 6.07 Å². The van der Waals surface area contributed by atoms with Crippen molar-refractivity contribution in [2.45, 2.75) is 20.8 Å². The molecule has 2 N–H and O–H groups in total. The lowest BCUT2D eigenvalue weighted by Crippen LogP contribution is -2.12. The second kappa shape index (κ2) is 9.14. The summed E-state index contributed by atoms with van der Waals surface area (Å²) in [5.74, 6) is 2.23. The van der Waals surface area contributed by atoms with E-state index in [1.165, 1.54) is 0 Å². The van der Waals surface area contributed by atoms with Crippen LogP contribution in [0.4, 0.5) is 5.82 Å². The van der Waals surface area contributed by atoms with Gasteiger partial charge in [0.1, 0.15) is 5.75 Å². The van der Waals surface area contributed by atoms with E-state index in [1.54, 1.807) is 31.4 Å². The maximum atomic E-state index is 12.7. The van der Waals surface area contributed by atoms with Crippen molar-refractivity contribution in [3.05, 3.63) is 53.7 Å². The molecule has 0 radical (unpaired) electrons. The largest absolute Gasteiger partial charge is 0.497 e. The number of nitrogens with one attached hydrogen (secondary N) is 2. The number of carbonyl (C=O) groups excluding carboxylic acids is 1. The third kappa shape index (κ3) is 4.51. The summed E-state index contributed by atoms with van der Waals surface area (Å²) in [6.45, 7) is 6.83. The predicted molar refractivity (Wildman–Crippen MR) is 112 cm³/mol. The third-order valence-electron chi connectivity index (χ3n) is 4.36. The summed E-state index contributed by atoms with van der Waals surface area (Å²) in [7, 11) is 1.58. The number of amides is 1. The van der Waals surface area contributed by atoms with Crippen LogP contribution in [0.5, 0.6) is 17.2 Å². The van der Waals surface area contributed by atoms with Crippen molar-refractivity contribution in [2.75, 3.05) is 25.6 Å². The zero-order chi connectivity index (χ0) is 20.8. The first-order chi connectivity index (χ1) is 14.1. The van der Waals surface area contributed by atoms with Gasteiger partial charge in [-0.3, -0.25) is 9.89 Å². The first kappa shape index (κ1) is 20.3. The summed E-state index contributed by atoms with van der Waals surface area (Å²) < 4.78 is 16.5. The zero-order valence-electron chi connectivity index (χ0n) is 17.0. The smallest absolute Gasteiger partial charge is 0.256 e. The quantitative estimate of drug-likeness (QED) is 0.589. The van der Waals surface area contributed by atoms with Crippen molar-refractivity contribution in [2.24, 2.45) is 0 Å². The van der Waals surface area contributed by atoms with Gasteiger partial charge in [0.05, 0.1) is 20.3 Å². The Hall–Kier alpha value is -3.48. The maximum absolute atomic E-state index is 12.7. The standard InChI is InChI=1S/C22H25N3O4/c1-5-28-18-12-9-16(13-19(18)29-6-2)20-14(3)24-25-21(20)23-22(26)15-7-10-17(27-4)11-8-15/h7-13H,5-6H2,1-4H3,(H2,23,24,25,26). The van der Waals surface area contributed by atoms with Crippen molar-refractivity contribution >= 4 is 11.7 Å². The fourth-order valence-electron chi connectivity index (χ4n) is 3.00. The van der Waals surface area contributed by atoms with Crippen LogP contribution in [0.2, 0.25) is 0 Å². The van der Waals surface area contributed by atoms with E-state index in [0.29, 0.717) is 41.8 Å². The molecular weight excluding hydrogens is 370 g/mol. The number of rotatable bonds is 8. The molecule has 0 spiro atoms. The summed E-state index contributed by atoms with van der Waals surface area (Å²) in [5, 5.41) is 10.1. The Balaban J connectivity index is 1.91. The molecule has 1 amide bonds. The zero-order valence-corrected chi connectivity index (χ0v) is 17.0. The molecule has 2 aromatic carbocycles. The molecule has 0 atom stereocenters. The highest BCUT2D eigenvalue weighted by Gasteiger charge is 2.18. The van der Waals surface area contributed by atoms with E-state index < -0.39 is 0 Å². The molecule has 3 aromatic rings. The summed E-state index contributed by atoms with van der Waals surface area (Å²) in [4.78, 5) is 12.7. The number of aryl methyl sites for hydroxylation is 1. The number of nitrogens with zero attached hydrogens (tertiary/aromatic N) is 1. The average molecular weight is 395 g/mol. The minimum absolute atomic E-state index is 0.253. The van der Waals surface area contributed by atoms with E-state index in [-0.39, 0.29) is 5.91 Å². The lowest BCUT2D eigenvalue weighted by molar-refractivity contribution is 0.102. The van der Waals surface area contributed by atoms with Gasteiger partial charge >= 0.3 is 0 Å². The number of benzene rings is 2. The number of hydrogen-bond donors (Lipinski definition) is 2. The van der Waals surface area contributed by atoms with Gasteiger partial charge in [0, 0.05) is 16.8 Å². The lowest BCUT2D eigenvalue weighted by atomic mass is 10.0. The maximum Gasteiger partial charge on any atom is 0.256 e. The van der Waals surface area contributed by atoms with Gasteiger partial charge in [0.25, 0.3) is 5.91 Å².